The number of ether oxygens (including phenoxy) is 3. The first-order valence-electron chi connectivity index (χ1n) is 8.66. The quantitative estimate of drug-likeness (QED) is 0.327. The van der Waals surface area contributed by atoms with Gasteiger partial charge in [0.25, 0.3) is 0 Å². The lowest BCUT2D eigenvalue weighted by Crippen LogP contribution is -2.36. The predicted molar refractivity (Wildman–Crippen MR) is 120 cm³/mol. The minimum Gasteiger partial charge on any atom is -0.493 e. The van der Waals surface area contributed by atoms with Crippen LogP contribution in [0.4, 0.5) is 4.39 Å². The number of nitrogens with zero attached hydrogens (tertiary/aromatic N) is 1. The van der Waals surface area contributed by atoms with Crippen molar-refractivity contribution in [3.63, 3.8) is 0 Å². The maximum Gasteiger partial charge on any atom is 0.203 e. The second-order valence-electron chi connectivity index (χ2n) is 5.71. The Kier molecular flexibility index (Phi) is 10.4. The predicted octanol–water partition coefficient (Wildman–Crippen LogP) is 3.72. The average molecular weight is 503 g/mol. The molecule has 0 unspecified atom stereocenters. The van der Waals surface area contributed by atoms with Gasteiger partial charge >= 0.3 is 0 Å². The summed E-state index contributed by atoms with van der Waals surface area (Å²) >= 11 is 0. The third-order valence-corrected chi connectivity index (χ3v) is 3.86. The largest absolute Gasteiger partial charge is 0.493 e. The zero-order valence-electron chi connectivity index (χ0n) is 16.5. The van der Waals surface area contributed by atoms with Crippen molar-refractivity contribution in [3.05, 3.63) is 53.3 Å². The summed E-state index contributed by atoms with van der Waals surface area (Å²) in [5.41, 5.74) is 1.89. The van der Waals surface area contributed by atoms with Crippen LogP contribution < -0.4 is 24.8 Å². The molecular weight excluding hydrogens is 476 g/mol. The van der Waals surface area contributed by atoms with E-state index in [1.165, 1.54) is 12.1 Å². The third kappa shape index (κ3) is 6.74. The van der Waals surface area contributed by atoms with Crippen molar-refractivity contribution >= 4 is 29.9 Å². The van der Waals surface area contributed by atoms with E-state index < -0.39 is 0 Å². The Morgan fingerprint density at radius 1 is 0.929 bits per heavy atom. The topological polar surface area (TPSA) is 64.1 Å². The van der Waals surface area contributed by atoms with Crippen molar-refractivity contribution in [3.8, 4) is 17.2 Å². The number of aliphatic imine (C=N–C) groups is 1. The monoisotopic (exact) mass is 503 g/mol. The highest BCUT2D eigenvalue weighted by Crippen LogP contribution is 2.38. The summed E-state index contributed by atoms with van der Waals surface area (Å²) in [5, 5.41) is 6.43. The zero-order valence-corrected chi connectivity index (χ0v) is 18.9. The molecule has 0 aliphatic rings. The molecule has 2 N–H and O–H groups in total. The lowest BCUT2D eigenvalue weighted by atomic mass is 10.2. The van der Waals surface area contributed by atoms with E-state index in [0.717, 1.165) is 17.7 Å². The molecular formula is C20H27FIN3O3. The van der Waals surface area contributed by atoms with E-state index >= 15 is 0 Å². The van der Waals surface area contributed by atoms with Crippen LogP contribution in [0.5, 0.6) is 17.2 Å². The van der Waals surface area contributed by atoms with Gasteiger partial charge in [0.1, 0.15) is 5.82 Å². The summed E-state index contributed by atoms with van der Waals surface area (Å²) in [6.07, 6.45) is 0. The number of hydrogen-bond donors (Lipinski definition) is 2. The van der Waals surface area contributed by atoms with Crippen LogP contribution in [0.25, 0.3) is 0 Å². The van der Waals surface area contributed by atoms with Crippen molar-refractivity contribution in [1.29, 1.82) is 0 Å². The normalized spacial score (nSPS) is 10.7. The van der Waals surface area contributed by atoms with Gasteiger partial charge in [0.2, 0.25) is 5.75 Å². The second-order valence-corrected chi connectivity index (χ2v) is 5.71. The van der Waals surface area contributed by atoms with Gasteiger partial charge in [-0.25, -0.2) is 9.38 Å². The molecule has 0 heterocycles. The van der Waals surface area contributed by atoms with E-state index in [1.807, 2.05) is 19.1 Å². The fourth-order valence-corrected chi connectivity index (χ4v) is 2.53. The number of guanidine groups is 1. The first kappa shape index (κ1) is 23.8. The van der Waals surface area contributed by atoms with Gasteiger partial charge in [0.15, 0.2) is 17.5 Å². The van der Waals surface area contributed by atoms with Crippen molar-refractivity contribution < 1.29 is 18.6 Å². The molecule has 0 atom stereocenters. The standard InChI is InChI=1S/C20H26FN3O3.HI/c1-5-22-20(23-12-14-6-8-16(21)9-7-14)24-13-15-10-17(25-2)19(27-4)18(11-15)26-3;/h6-11H,5,12-13H2,1-4H3,(H2,22,23,24);1H. The first-order valence-corrected chi connectivity index (χ1v) is 8.66. The summed E-state index contributed by atoms with van der Waals surface area (Å²) in [4.78, 5) is 4.59. The molecule has 28 heavy (non-hydrogen) atoms. The molecule has 8 heteroatoms. The highest BCUT2D eigenvalue weighted by Gasteiger charge is 2.13. The number of halogens is 2. The van der Waals surface area contributed by atoms with Crippen LogP contribution in [0.3, 0.4) is 0 Å². The lowest BCUT2D eigenvalue weighted by molar-refractivity contribution is 0.324. The highest BCUT2D eigenvalue weighted by atomic mass is 127. The van der Waals surface area contributed by atoms with E-state index in [0.29, 0.717) is 36.3 Å². The second kappa shape index (κ2) is 12.3. The van der Waals surface area contributed by atoms with Gasteiger partial charge in [0.05, 0.1) is 27.9 Å². The lowest BCUT2D eigenvalue weighted by Gasteiger charge is -2.14. The maximum atomic E-state index is 13.0. The number of rotatable bonds is 8. The number of nitrogens with one attached hydrogen (secondary N) is 2. The van der Waals surface area contributed by atoms with E-state index in [9.17, 15) is 4.39 Å². The van der Waals surface area contributed by atoms with Crippen molar-refractivity contribution in [2.75, 3.05) is 27.9 Å². The Morgan fingerprint density at radius 2 is 1.54 bits per heavy atom. The molecule has 0 radical (unpaired) electrons. The summed E-state index contributed by atoms with van der Waals surface area (Å²) in [6, 6.07) is 10.1. The molecule has 0 aliphatic carbocycles. The zero-order chi connectivity index (χ0) is 19.6. The van der Waals surface area contributed by atoms with Crippen LogP contribution in [0.15, 0.2) is 41.4 Å². The fraction of sp³-hybridized carbons (Fsp3) is 0.350. The minimum atomic E-state index is -0.248. The molecule has 0 aliphatic heterocycles. The maximum absolute atomic E-state index is 13.0. The van der Waals surface area contributed by atoms with Crippen molar-refractivity contribution in [1.82, 2.24) is 10.6 Å². The highest BCUT2D eigenvalue weighted by molar-refractivity contribution is 14.0. The van der Waals surface area contributed by atoms with Gasteiger partial charge in [-0.05, 0) is 42.3 Å². The number of methoxy groups -OCH3 is 3. The molecule has 154 valence electrons. The molecule has 0 aromatic heterocycles. The molecule has 0 saturated heterocycles. The number of hydrogen-bond acceptors (Lipinski definition) is 4. The Labute approximate surface area is 182 Å². The minimum absolute atomic E-state index is 0. The van der Waals surface area contributed by atoms with E-state index in [4.69, 9.17) is 14.2 Å². The molecule has 2 aromatic rings. The molecule has 0 saturated carbocycles. The molecule has 6 nitrogen and oxygen atoms in total. The van der Waals surface area contributed by atoms with Gasteiger partial charge in [-0.2, -0.15) is 0 Å². The molecule has 0 bridgehead atoms. The smallest absolute Gasteiger partial charge is 0.203 e. The van der Waals surface area contributed by atoms with Crippen LogP contribution in [0.1, 0.15) is 18.1 Å². The van der Waals surface area contributed by atoms with Gasteiger partial charge in [0, 0.05) is 13.1 Å². The Morgan fingerprint density at radius 3 is 2.04 bits per heavy atom. The Balaban J connectivity index is 0.00000392. The third-order valence-electron chi connectivity index (χ3n) is 3.86. The summed E-state index contributed by atoms with van der Waals surface area (Å²) in [6.45, 7) is 3.69. The first-order chi connectivity index (χ1) is 13.1. The summed E-state index contributed by atoms with van der Waals surface area (Å²) < 4.78 is 29.1. The molecule has 0 amide bonds. The van der Waals surface area contributed by atoms with Crippen LogP contribution in [0, 0.1) is 5.82 Å². The van der Waals surface area contributed by atoms with Crippen molar-refractivity contribution in [2.45, 2.75) is 20.0 Å². The molecule has 2 rings (SSSR count). The van der Waals surface area contributed by atoms with Crippen LogP contribution in [-0.4, -0.2) is 33.8 Å². The van der Waals surface area contributed by atoms with Crippen LogP contribution in [-0.2, 0) is 13.1 Å². The van der Waals surface area contributed by atoms with Gasteiger partial charge in [-0.15, -0.1) is 24.0 Å². The van der Waals surface area contributed by atoms with E-state index in [2.05, 4.69) is 15.6 Å². The van der Waals surface area contributed by atoms with E-state index in [1.54, 1.807) is 33.5 Å². The molecule has 2 aromatic carbocycles. The van der Waals surface area contributed by atoms with E-state index in [-0.39, 0.29) is 29.8 Å². The Bertz CT molecular complexity index is 745. The molecule has 0 fully saturated rings. The molecule has 0 spiro atoms. The van der Waals surface area contributed by atoms with Gasteiger partial charge in [-0.1, -0.05) is 12.1 Å². The van der Waals surface area contributed by atoms with Crippen LogP contribution in [0.2, 0.25) is 0 Å². The number of benzene rings is 2. The summed E-state index contributed by atoms with van der Waals surface area (Å²) in [5.74, 6) is 2.14. The van der Waals surface area contributed by atoms with Gasteiger partial charge < -0.3 is 24.8 Å². The summed E-state index contributed by atoms with van der Waals surface area (Å²) in [7, 11) is 4.73. The SMILES string of the molecule is CCNC(=NCc1cc(OC)c(OC)c(OC)c1)NCc1ccc(F)cc1.I. The van der Waals surface area contributed by atoms with Crippen molar-refractivity contribution in [2.24, 2.45) is 4.99 Å². The fourth-order valence-electron chi connectivity index (χ4n) is 2.53. The van der Waals surface area contributed by atoms with Crippen LogP contribution >= 0.6 is 24.0 Å². The Hall–Kier alpha value is -2.23. The average Bonchev–Trinajstić information content (AvgIpc) is 2.70. The van der Waals surface area contributed by atoms with Gasteiger partial charge in [-0.3, -0.25) is 0 Å².